The lowest BCUT2D eigenvalue weighted by Gasteiger charge is -2.34. The number of nitrogens with zero attached hydrogens (tertiary/aromatic N) is 2. The fraction of sp³-hybridized carbons (Fsp3) is 0.647. The first-order chi connectivity index (χ1) is 8.93. The Balaban J connectivity index is 1.83. The topological polar surface area (TPSA) is 25.2 Å². The van der Waals surface area contributed by atoms with Crippen LogP contribution in [0.5, 0.6) is 0 Å². The van der Waals surface area contributed by atoms with Crippen LogP contribution in [0, 0.1) is 23.7 Å². The number of aryl methyl sites for hydroxylation is 1. The van der Waals surface area contributed by atoms with Crippen molar-refractivity contribution in [1.29, 1.82) is 0 Å². The van der Waals surface area contributed by atoms with Crippen LogP contribution in [-0.2, 0) is 6.54 Å². The van der Waals surface area contributed by atoms with Crippen molar-refractivity contribution < 1.29 is 0 Å². The van der Waals surface area contributed by atoms with Gasteiger partial charge in [0.2, 0.25) is 0 Å². The number of pyridine rings is 1. The molecule has 2 aliphatic rings. The SMILES string of the molecule is Cc1cccc(CN=C2CC3CC[C@]2(C)C3(C)C)n1. The quantitative estimate of drug-likeness (QED) is 0.779. The zero-order valence-electron chi connectivity index (χ0n) is 12.5. The average molecular weight is 256 g/mol. The van der Waals surface area contributed by atoms with Crippen LogP contribution in [0.2, 0.25) is 0 Å². The van der Waals surface area contributed by atoms with E-state index in [1.54, 1.807) is 0 Å². The van der Waals surface area contributed by atoms with E-state index < -0.39 is 0 Å². The van der Waals surface area contributed by atoms with Crippen LogP contribution in [0.3, 0.4) is 0 Å². The van der Waals surface area contributed by atoms with E-state index in [-0.39, 0.29) is 0 Å². The summed E-state index contributed by atoms with van der Waals surface area (Å²) in [5.41, 5.74) is 4.36. The van der Waals surface area contributed by atoms with Crippen molar-refractivity contribution in [3.8, 4) is 0 Å². The molecular weight excluding hydrogens is 232 g/mol. The van der Waals surface area contributed by atoms with Crippen LogP contribution < -0.4 is 0 Å². The fourth-order valence-electron chi connectivity index (χ4n) is 4.03. The van der Waals surface area contributed by atoms with Gasteiger partial charge in [0.25, 0.3) is 0 Å². The summed E-state index contributed by atoms with van der Waals surface area (Å²) in [6.07, 6.45) is 3.89. The predicted molar refractivity (Wildman–Crippen MR) is 79.3 cm³/mol. The highest BCUT2D eigenvalue weighted by Gasteiger charge is 2.59. The van der Waals surface area contributed by atoms with Crippen molar-refractivity contribution >= 4 is 5.71 Å². The van der Waals surface area contributed by atoms with E-state index >= 15 is 0 Å². The Morgan fingerprint density at radius 1 is 1.32 bits per heavy atom. The monoisotopic (exact) mass is 256 g/mol. The molecule has 19 heavy (non-hydrogen) atoms. The molecular formula is C17H24N2. The van der Waals surface area contributed by atoms with Crippen LogP contribution in [-0.4, -0.2) is 10.7 Å². The third-order valence-electron chi connectivity index (χ3n) is 5.89. The van der Waals surface area contributed by atoms with Gasteiger partial charge in [0.1, 0.15) is 0 Å². The molecule has 1 aromatic rings. The van der Waals surface area contributed by atoms with E-state index in [4.69, 9.17) is 4.99 Å². The molecule has 2 atom stereocenters. The van der Waals surface area contributed by atoms with Crippen LogP contribution in [0.15, 0.2) is 23.2 Å². The van der Waals surface area contributed by atoms with E-state index in [0.717, 1.165) is 23.9 Å². The third-order valence-corrected chi connectivity index (χ3v) is 5.89. The first-order valence-electron chi connectivity index (χ1n) is 7.40. The minimum absolute atomic E-state index is 0.321. The normalized spacial score (nSPS) is 34.1. The molecule has 0 aliphatic heterocycles. The second-order valence-corrected chi connectivity index (χ2v) is 7.03. The minimum atomic E-state index is 0.321. The number of aliphatic imine (C=N–C) groups is 1. The molecule has 1 aromatic heterocycles. The summed E-state index contributed by atoms with van der Waals surface area (Å²) in [6, 6.07) is 6.20. The molecule has 2 aliphatic carbocycles. The summed E-state index contributed by atoms with van der Waals surface area (Å²) in [4.78, 5) is 9.49. The maximum Gasteiger partial charge on any atom is 0.0811 e. The predicted octanol–water partition coefficient (Wildman–Crippen LogP) is 4.18. The second kappa shape index (κ2) is 4.16. The van der Waals surface area contributed by atoms with Crippen LogP contribution in [0.4, 0.5) is 0 Å². The molecule has 2 saturated carbocycles. The fourth-order valence-corrected chi connectivity index (χ4v) is 4.03. The van der Waals surface area contributed by atoms with E-state index in [1.807, 2.05) is 13.0 Å². The van der Waals surface area contributed by atoms with E-state index in [9.17, 15) is 0 Å². The first kappa shape index (κ1) is 12.8. The Morgan fingerprint density at radius 2 is 2.11 bits per heavy atom. The summed E-state index contributed by atoms with van der Waals surface area (Å²) in [7, 11) is 0. The summed E-state index contributed by atoms with van der Waals surface area (Å²) in [5, 5.41) is 0. The van der Waals surface area contributed by atoms with Gasteiger partial charge in [-0.25, -0.2) is 0 Å². The molecule has 1 heterocycles. The summed E-state index contributed by atoms with van der Waals surface area (Å²) in [6.45, 7) is 10.1. The van der Waals surface area contributed by atoms with Gasteiger partial charge in [-0.3, -0.25) is 9.98 Å². The van der Waals surface area contributed by atoms with Crippen molar-refractivity contribution in [2.75, 3.05) is 0 Å². The lowest BCUT2D eigenvalue weighted by molar-refractivity contribution is 0.193. The lowest BCUT2D eigenvalue weighted by atomic mass is 9.70. The Bertz CT molecular complexity index is 530. The van der Waals surface area contributed by atoms with Gasteiger partial charge in [0, 0.05) is 16.8 Å². The Hall–Kier alpha value is -1.18. The average Bonchev–Trinajstić information content (AvgIpc) is 2.69. The second-order valence-electron chi connectivity index (χ2n) is 7.03. The number of hydrogen-bond donors (Lipinski definition) is 0. The van der Waals surface area contributed by atoms with Gasteiger partial charge < -0.3 is 0 Å². The van der Waals surface area contributed by atoms with Crippen molar-refractivity contribution in [1.82, 2.24) is 4.98 Å². The molecule has 2 nitrogen and oxygen atoms in total. The summed E-state index contributed by atoms with van der Waals surface area (Å²) in [5.74, 6) is 0.835. The van der Waals surface area contributed by atoms with E-state index in [2.05, 4.69) is 37.9 Å². The van der Waals surface area contributed by atoms with Crippen LogP contribution in [0.1, 0.15) is 51.4 Å². The van der Waals surface area contributed by atoms with Crippen molar-refractivity contribution in [2.45, 2.75) is 53.5 Å². The molecule has 2 fully saturated rings. The molecule has 0 radical (unpaired) electrons. The Kier molecular flexibility index (Phi) is 2.81. The van der Waals surface area contributed by atoms with Crippen molar-refractivity contribution in [3.05, 3.63) is 29.6 Å². The van der Waals surface area contributed by atoms with Gasteiger partial charge in [0.15, 0.2) is 0 Å². The van der Waals surface area contributed by atoms with Gasteiger partial charge in [-0.15, -0.1) is 0 Å². The maximum absolute atomic E-state index is 4.94. The van der Waals surface area contributed by atoms with Crippen LogP contribution >= 0.6 is 0 Å². The van der Waals surface area contributed by atoms with Crippen molar-refractivity contribution in [3.63, 3.8) is 0 Å². The van der Waals surface area contributed by atoms with Gasteiger partial charge in [0.05, 0.1) is 12.2 Å². The highest BCUT2D eigenvalue weighted by Crippen LogP contribution is 2.64. The van der Waals surface area contributed by atoms with E-state index in [0.29, 0.717) is 10.8 Å². The molecule has 1 unspecified atom stereocenters. The Morgan fingerprint density at radius 3 is 2.68 bits per heavy atom. The zero-order valence-corrected chi connectivity index (χ0v) is 12.5. The lowest BCUT2D eigenvalue weighted by Crippen LogP contribution is -2.32. The van der Waals surface area contributed by atoms with E-state index in [1.165, 1.54) is 25.0 Å². The van der Waals surface area contributed by atoms with Crippen LogP contribution in [0.25, 0.3) is 0 Å². The number of rotatable bonds is 2. The molecule has 0 amide bonds. The van der Waals surface area contributed by atoms with Crippen molar-refractivity contribution in [2.24, 2.45) is 21.7 Å². The van der Waals surface area contributed by atoms with Gasteiger partial charge in [-0.1, -0.05) is 26.8 Å². The van der Waals surface area contributed by atoms with Gasteiger partial charge >= 0.3 is 0 Å². The summed E-state index contributed by atoms with van der Waals surface area (Å²) < 4.78 is 0. The smallest absolute Gasteiger partial charge is 0.0811 e. The molecule has 0 aromatic carbocycles. The van der Waals surface area contributed by atoms with Gasteiger partial charge in [-0.2, -0.15) is 0 Å². The zero-order chi connectivity index (χ0) is 13.7. The maximum atomic E-state index is 4.94. The minimum Gasteiger partial charge on any atom is -0.287 e. The highest BCUT2D eigenvalue weighted by molar-refractivity contribution is 5.94. The molecule has 0 saturated heterocycles. The molecule has 3 rings (SSSR count). The number of hydrogen-bond acceptors (Lipinski definition) is 2. The Labute approximate surface area is 116 Å². The molecule has 0 N–H and O–H groups in total. The highest BCUT2D eigenvalue weighted by atomic mass is 14.8. The molecule has 0 spiro atoms. The number of fused-ring (bicyclic) bond motifs is 2. The standard InChI is InChI=1S/C17H24N2/c1-12-6-5-7-14(19-12)11-18-15-10-13-8-9-17(15,4)16(13,2)3/h5-7,13H,8-11H2,1-4H3/t13?,17-/m0/s1. The summed E-state index contributed by atoms with van der Waals surface area (Å²) >= 11 is 0. The molecule has 2 heteroatoms. The number of aromatic nitrogens is 1. The molecule has 102 valence electrons. The largest absolute Gasteiger partial charge is 0.287 e. The van der Waals surface area contributed by atoms with Gasteiger partial charge in [-0.05, 0) is 49.7 Å². The molecule has 2 bridgehead atoms. The third kappa shape index (κ3) is 1.84. The first-order valence-corrected chi connectivity index (χ1v) is 7.40.